The number of nitrogens with zero attached hydrogens (tertiary/aromatic N) is 1. The zero-order valence-corrected chi connectivity index (χ0v) is 17.4. The second-order valence-electron chi connectivity index (χ2n) is 6.64. The molecule has 3 N–H and O–H groups in total. The van der Waals surface area contributed by atoms with E-state index in [2.05, 4.69) is 20.0 Å². The number of hydrogen-bond donors (Lipinski definition) is 3. The average Bonchev–Trinajstić information content (AvgIpc) is 3.17. The number of aromatic amines is 1. The molecule has 8 nitrogen and oxygen atoms in total. The second kappa shape index (κ2) is 8.49. The molecule has 4 rings (SSSR count). The molecule has 0 aliphatic carbocycles. The van der Waals surface area contributed by atoms with Gasteiger partial charge in [-0.3, -0.25) is 14.8 Å². The molecule has 1 aromatic heterocycles. The van der Waals surface area contributed by atoms with Crippen molar-refractivity contribution in [2.24, 2.45) is 0 Å². The average molecular weight is 436 g/mol. The highest BCUT2D eigenvalue weighted by Gasteiger charge is 2.15. The monoisotopic (exact) mass is 436 g/mol. The summed E-state index contributed by atoms with van der Waals surface area (Å²) in [6.45, 7) is 2.35. The van der Waals surface area contributed by atoms with Crippen LogP contribution in [-0.2, 0) is 10.0 Å². The van der Waals surface area contributed by atoms with Gasteiger partial charge >= 0.3 is 0 Å². The van der Waals surface area contributed by atoms with E-state index in [-0.39, 0.29) is 10.8 Å². The van der Waals surface area contributed by atoms with E-state index >= 15 is 0 Å². The Bertz CT molecular complexity index is 1280. The Balaban J connectivity index is 1.43. The fourth-order valence-electron chi connectivity index (χ4n) is 2.98. The molecule has 1 heterocycles. The van der Waals surface area contributed by atoms with Crippen LogP contribution in [0.5, 0.6) is 5.75 Å². The highest BCUT2D eigenvalue weighted by Crippen LogP contribution is 2.20. The molecule has 0 saturated heterocycles. The van der Waals surface area contributed by atoms with Gasteiger partial charge in [-0.2, -0.15) is 0 Å². The summed E-state index contributed by atoms with van der Waals surface area (Å²) in [5.74, 6) is 0.577. The maximum atomic E-state index is 12.6. The number of amides is 1. The fraction of sp³-hybridized carbons (Fsp3) is 0.0909. The van der Waals surface area contributed by atoms with Crippen LogP contribution in [0.25, 0.3) is 11.0 Å². The van der Waals surface area contributed by atoms with Gasteiger partial charge in [0.1, 0.15) is 5.75 Å². The minimum absolute atomic E-state index is 0.114. The van der Waals surface area contributed by atoms with Crippen LogP contribution >= 0.6 is 0 Å². The molecule has 158 valence electrons. The van der Waals surface area contributed by atoms with Crippen molar-refractivity contribution in [2.45, 2.75) is 11.8 Å². The molecule has 31 heavy (non-hydrogen) atoms. The Morgan fingerprint density at radius 2 is 1.71 bits per heavy atom. The number of sulfonamides is 1. The van der Waals surface area contributed by atoms with E-state index in [4.69, 9.17) is 4.74 Å². The smallest absolute Gasteiger partial charge is 0.261 e. The summed E-state index contributed by atoms with van der Waals surface area (Å²) in [5, 5.41) is 2.70. The maximum absolute atomic E-state index is 12.6. The first-order valence-corrected chi connectivity index (χ1v) is 11.0. The van der Waals surface area contributed by atoms with Gasteiger partial charge in [-0.15, -0.1) is 0 Å². The van der Waals surface area contributed by atoms with E-state index in [1.54, 1.807) is 12.1 Å². The topological polar surface area (TPSA) is 113 Å². The molecule has 3 aromatic carbocycles. The van der Waals surface area contributed by atoms with Crippen molar-refractivity contribution in [1.29, 1.82) is 0 Å². The van der Waals surface area contributed by atoms with Crippen LogP contribution in [-0.4, -0.2) is 30.9 Å². The van der Waals surface area contributed by atoms with Gasteiger partial charge in [0.25, 0.3) is 15.9 Å². The Morgan fingerprint density at radius 3 is 2.39 bits per heavy atom. The van der Waals surface area contributed by atoms with Crippen molar-refractivity contribution in [1.82, 2.24) is 9.97 Å². The summed E-state index contributed by atoms with van der Waals surface area (Å²) in [7, 11) is -3.76. The molecule has 0 spiro atoms. The van der Waals surface area contributed by atoms with Crippen molar-refractivity contribution >= 4 is 38.6 Å². The Kier molecular flexibility index (Phi) is 5.59. The zero-order valence-electron chi connectivity index (χ0n) is 16.6. The number of H-pyrrole nitrogens is 1. The third-order valence-electron chi connectivity index (χ3n) is 4.47. The molecular weight excluding hydrogens is 416 g/mol. The van der Waals surface area contributed by atoms with Gasteiger partial charge in [0.05, 0.1) is 22.5 Å². The van der Waals surface area contributed by atoms with Crippen LogP contribution in [0.3, 0.4) is 0 Å². The van der Waals surface area contributed by atoms with Gasteiger partial charge in [0.15, 0.2) is 0 Å². The summed E-state index contributed by atoms with van der Waals surface area (Å²) >= 11 is 0. The lowest BCUT2D eigenvalue weighted by Crippen LogP contribution is -2.14. The van der Waals surface area contributed by atoms with E-state index in [0.717, 1.165) is 11.0 Å². The zero-order chi connectivity index (χ0) is 21.8. The number of nitrogens with one attached hydrogen (secondary N) is 3. The molecule has 0 unspecified atom stereocenters. The van der Waals surface area contributed by atoms with Crippen LogP contribution in [0.1, 0.15) is 17.3 Å². The summed E-state index contributed by atoms with van der Waals surface area (Å²) in [6.07, 6.45) is 0. The van der Waals surface area contributed by atoms with Crippen LogP contribution in [0.15, 0.2) is 77.7 Å². The van der Waals surface area contributed by atoms with E-state index in [0.29, 0.717) is 29.6 Å². The number of hydrogen-bond acceptors (Lipinski definition) is 5. The first kappa shape index (κ1) is 20.4. The first-order chi connectivity index (χ1) is 14.9. The largest absolute Gasteiger partial charge is 0.494 e. The second-order valence-corrected chi connectivity index (χ2v) is 8.33. The third-order valence-corrected chi connectivity index (χ3v) is 5.86. The highest BCUT2D eigenvalue weighted by atomic mass is 32.2. The predicted molar refractivity (Wildman–Crippen MR) is 119 cm³/mol. The molecule has 9 heteroatoms. The number of carbonyl (C=O) groups is 1. The molecule has 0 radical (unpaired) electrons. The van der Waals surface area contributed by atoms with Crippen molar-refractivity contribution < 1.29 is 17.9 Å². The number of ether oxygens (including phenoxy) is 1. The first-order valence-electron chi connectivity index (χ1n) is 9.56. The molecule has 0 atom stereocenters. The van der Waals surface area contributed by atoms with Crippen LogP contribution in [0.4, 0.5) is 11.6 Å². The van der Waals surface area contributed by atoms with Crippen molar-refractivity contribution in [3.8, 4) is 5.75 Å². The summed E-state index contributed by atoms with van der Waals surface area (Å²) in [4.78, 5) is 19.9. The SMILES string of the molecule is CCOc1ccc(S(=O)(=O)Nc2ccc(C(=O)Nc3nc4ccccc4[nH]3)cc2)cc1. The standard InChI is InChI=1S/C22H20N4O4S/c1-2-30-17-11-13-18(14-12-17)31(28,29)26-16-9-7-15(8-10-16)21(27)25-22-23-19-5-3-4-6-20(19)24-22/h3-14,26H,2H2,1H3,(H2,23,24,25,27). The molecule has 0 bridgehead atoms. The molecule has 0 fully saturated rings. The van der Waals surface area contributed by atoms with Crippen LogP contribution in [0.2, 0.25) is 0 Å². The molecule has 0 aliphatic heterocycles. The number of benzene rings is 3. The van der Waals surface area contributed by atoms with E-state index in [1.807, 2.05) is 31.2 Å². The van der Waals surface area contributed by atoms with E-state index < -0.39 is 10.0 Å². The van der Waals surface area contributed by atoms with Gasteiger partial charge in [0.2, 0.25) is 5.95 Å². The van der Waals surface area contributed by atoms with E-state index in [1.165, 1.54) is 36.4 Å². The fourth-order valence-corrected chi connectivity index (χ4v) is 4.04. The Morgan fingerprint density at radius 1 is 1.00 bits per heavy atom. The molecule has 0 aliphatic rings. The number of imidazole rings is 1. The van der Waals surface area contributed by atoms with Gasteiger partial charge < -0.3 is 9.72 Å². The van der Waals surface area contributed by atoms with Gasteiger partial charge in [-0.1, -0.05) is 12.1 Å². The van der Waals surface area contributed by atoms with E-state index in [9.17, 15) is 13.2 Å². The maximum Gasteiger partial charge on any atom is 0.261 e. The number of rotatable bonds is 7. The molecular formula is C22H20N4O4S. The summed E-state index contributed by atoms with van der Waals surface area (Å²) < 4.78 is 33.0. The summed E-state index contributed by atoms with van der Waals surface area (Å²) in [5.41, 5.74) is 2.27. The van der Waals surface area contributed by atoms with Gasteiger partial charge in [0, 0.05) is 11.3 Å². The Labute approximate surface area is 179 Å². The van der Waals surface area contributed by atoms with Crippen molar-refractivity contribution in [3.05, 3.63) is 78.4 Å². The molecule has 4 aromatic rings. The normalized spacial score (nSPS) is 11.3. The lowest BCUT2D eigenvalue weighted by atomic mass is 10.2. The number of aromatic nitrogens is 2. The summed E-state index contributed by atoms with van der Waals surface area (Å²) in [6, 6.07) is 19.7. The third kappa shape index (κ3) is 4.67. The molecule has 1 amide bonds. The number of para-hydroxylation sites is 2. The Hall–Kier alpha value is -3.85. The van der Waals surface area contributed by atoms with Gasteiger partial charge in [-0.25, -0.2) is 13.4 Å². The van der Waals surface area contributed by atoms with Crippen molar-refractivity contribution in [2.75, 3.05) is 16.6 Å². The quantitative estimate of drug-likeness (QED) is 0.405. The lowest BCUT2D eigenvalue weighted by molar-refractivity contribution is 0.102. The van der Waals surface area contributed by atoms with Gasteiger partial charge in [-0.05, 0) is 67.6 Å². The number of fused-ring (bicyclic) bond motifs is 1. The minimum atomic E-state index is -3.76. The van der Waals surface area contributed by atoms with Crippen molar-refractivity contribution in [3.63, 3.8) is 0 Å². The lowest BCUT2D eigenvalue weighted by Gasteiger charge is -2.10. The van der Waals surface area contributed by atoms with Crippen LogP contribution < -0.4 is 14.8 Å². The minimum Gasteiger partial charge on any atom is -0.494 e. The number of anilines is 2. The highest BCUT2D eigenvalue weighted by molar-refractivity contribution is 7.92. The molecule has 0 saturated carbocycles. The number of carbonyl (C=O) groups excluding carboxylic acids is 1. The van der Waals surface area contributed by atoms with Crippen LogP contribution in [0, 0.1) is 0 Å². The predicted octanol–water partition coefficient (Wildman–Crippen LogP) is 4.01.